The summed E-state index contributed by atoms with van der Waals surface area (Å²) in [5, 5.41) is 5.90. The molecule has 1 fully saturated rings. The standard InChI is InChI=1S/C26H28ClNO2/c1-18(2)30-24-15-14-23(19-10-4-5-11-20(19)24)28-25(29)26(16-8-3-9-17-26)21-12-6-7-13-22(21)27/h4-7,10-15,18H,3,8-9,16-17H2,1-2H3,(H,28,29). The van der Waals surface area contributed by atoms with Crippen LogP contribution in [0.2, 0.25) is 5.02 Å². The first-order valence-corrected chi connectivity index (χ1v) is 11.1. The van der Waals surface area contributed by atoms with Crippen molar-refractivity contribution in [3.63, 3.8) is 0 Å². The number of fused-ring (bicyclic) bond motifs is 1. The quantitative estimate of drug-likeness (QED) is 0.476. The second kappa shape index (κ2) is 8.69. The van der Waals surface area contributed by atoms with Crippen LogP contribution in [-0.2, 0) is 10.2 Å². The molecular weight excluding hydrogens is 394 g/mol. The van der Waals surface area contributed by atoms with E-state index in [4.69, 9.17) is 16.3 Å². The summed E-state index contributed by atoms with van der Waals surface area (Å²) in [5.41, 5.74) is 1.15. The van der Waals surface area contributed by atoms with E-state index in [9.17, 15) is 4.79 Å². The molecule has 0 saturated heterocycles. The fraction of sp³-hybridized carbons (Fsp3) is 0.346. The molecule has 156 valence electrons. The molecule has 1 aliphatic rings. The number of carbonyl (C=O) groups excluding carboxylic acids is 1. The summed E-state index contributed by atoms with van der Waals surface area (Å²) in [6.07, 6.45) is 4.93. The minimum absolute atomic E-state index is 0.0259. The number of ether oxygens (including phenoxy) is 1. The smallest absolute Gasteiger partial charge is 0.235 e. The van der Waals surface area contributed by atoms with Crippen molar-refractivity contribution in [3.8, 4) is 5.75 Å². The average Bonchev–Trinajstić information content (AvgIpc) is 2.76. The molecule has 1 amide bonds. The highest BCUT2D eigenvalue weighted by atomic mass is 35.5. The molecule has 0 heterocycles. The molecule has 0 aliphatic heterocycles. The summed E-state index contributed by atoms with van der Waals surface area (Å²) in [7, 11) is 0. The van der Waals surface area contributed by atoms with Crippen LogP contribution in [0.3, 0.4) is 0 Å². The molecule has 0 spiro atoms. The van der Waals surface area contributed by atoms with Gasteiger partial charge in [-0.3, -0.25) is 4.79 Å². The molecule has 3 nitrogen and oxygen atoms in total. The molecule has 3 aromatic carbocycles. The third-order valence-electron chi connectivity index (χ3n) is 6.03. The van der Waals surface area contributed by atoms with Crippen molar-refractivity contribution in [2.24, 2.45) is 0 Å². The molecule has 1 aliphatic carbocycles. The number of benzene rings is 3. The molecule has 30 heavy (non-hydrogen) atoms. The Labute approximate surface area is 183 Å². The molecule has 0 unspecified atom stereocenters. The lowest BCUT2D eigenvalue weighted by atomic mass is 9.68. The fourth-order valence-corrected chi connectivity index (χ4v) is 4.92. The van der Waals surface area contributed by atoms with Crippen LogP contribution in [0, 0.1) is 0 Å². The molecule has 1 saturated carbocycles. The van der Waals surface area contributed by atoms with Crippen molar-refractivity contribution >= 4 is 34.0 Å². The Kier molecular flexibility index (Phi) is 6.01. The molecule has 1 N–H and O–H groups in total. The van der Waals surface area contributed by atoms with E-state index >= 15 is 0 Å². The number of carbonyl (C=O) groups is 1. The highest BCUT2D eigenvalue weighted by molar-refractivity contribution is 6.32. The summed E-state index contributed by atoms with van der Waals surface area (Å²) in [4.78, 5) is 13.7. The van der Waals surface area contributed by atoms with Crippen molar-refractivity contribution in [1.29, 1.82) is 0 Å². The molecule has 4 rings (SSSR count). The van der Waals surface area contributed by atoms with Crippen LogP contribution in [0.15, 0.2) is 60.7 Å². The predicted octanol–water partition coefficient (Wildman–Crippen LogP) is 7.12. The van der Waals surface area contributed by atoms with Gasteiger partial charge in [0, 0.05) is 21.5 Å². The first-order chi connectivity index (χ1) is 14.5. The van der Waals surface area contributed by atoms with Gasteiger partial charge >= 0.3 is 0 Å². The van der Waals surface area contributed by atoms with E-state index in [2.05, 4.69) is 5.32 Å². The highest BCUT2D eigenvalue weighted by Gasteiger charge is 2.42. The molecule has 0 aromatic heterocycles. The van der Waals surface area contributed by atoms with Gasteiger partial charge in [-0.05, 0) is 50.5 Å². The summed E-state index contributed by atoms with van der Waals surface area (Å²) in [5.74, 6) is 0.857. The zero-order valence-electron chi connectivity index (χ0n) is 17.6. The van der Waals surface area contributed by atoms with E-state index in [0.717, 1.165) is 59.9 Å². The number of nitrogens with one attached hydrogen (secondary N) is 1. The second-order valence-corrected chi connectivity index (χ2v) is 8.81. The van der Waals surface area contributed by atoms with E-state index in [1.54, 1.807) is 0 Å². The van der Waals surface area contributed by atoms with E-state index in [0.29, 0.717) is 5.02 Å². The van der Waals surface area contributed by atoms with Crippen LogP contribution in [0.5, 0.6) is 5.75 Å². The van der Waals surface area contributed by atoms with Gasteiger partial charge < -0.3 is 10.1 Å². The van der Waals surface area contributed by atoms with Crippen LogP contribution in [-0.4, -0.2) is 12.0 Å². The molecule has 0 bridgehead atoms. The SMILES string of the molecule is CC(C)Oc1ccc(NC(=O)C2(c3ccccc3Cl)CCCCC2)c2ccccc12. The van der Waals surface area contributed by atoms with Crippen molar-refractivity contribution in [3.05, 3.63) is 71.2 Å². The van der Waals surface area contributed by atoms with Crippen LogP contribution >= 0.6 is 11.6 Å². The van der Waals surface area contributed by atoms with Gasteiger partial charge in [-0.1, -0.05) is 73.3 Å². The Morgan fingerprint density at radius 2 is 1.60 bits per heavy atom. The second-order valence-electron chi connectivity index (χ2n) is 8.40. The Morgan fingerprint density at radius 1 is 0.933 bits per heavy atom. The van der Waals surface area contributed by atoms with E-state index in [1.165, 1.54) is 0 Å². The first kappa shape index (κ1) is 20.7. The van der Waals surface area contributed by atoms with Gasteiger partial charge in [-0.25, -0.2) is 0 Å². The Morgan fingerprint density at radius 3 is 2.30 bits per heavy atom. The lowest BCUT2D eigenvalue weighted by Crippen LogP contribution is -2.42. The zero-order valence-corrected chi connectivity index (χ0v) is 18.3. The van der Waals surface area contributed by atoms with Crippen LogP contribution in [0.25, 0.3) is 10.8 Å². The third kappa shape index (κ3) is 3.91. The number of hydrogen-bond donors (Lipinski definition) is 1. The van der Waals surface area contributed by atoms with Gasteiger partial charge in [0.15, 0.2) is 0 Å². The fourth-order valence-electron chi connectivity index (χ4n) is 4.60. The molecule has 0 atom stereocenters. The number of amides is 1. The largest absolute Gasteiger partial charge is 0.490 e. The lowest BCUT2D eigenvalue weighted by molar-refractivity contribution is -0.122. The van der Waals surface area contributed by atoms with Crippen LogP contribution < -0.4 is 10.1 Å². The predicted molar refractivity (Wildman–Crippen MR) is 125 cm³/mol. The minimum atomic E-state index is -0.592. The summed E-state index contributed by atoms with van der Waals surface area (Å²) >= 11 is 6.56. The highest BCUT2D eigenvalue weighted by Crippen LogP contribution is 2.44. The van der Waals surface area contributed by atoms with Crippen molar-refractivity contribution in [2.45, 2.75) is 57.5 Å². The van der Waals surface area contributed by atoms with Crippen molar-refractivity contribution in [2.75, 3.05) is 5.32 Å². The zero-order chi connectivity index (χ0) is 21.1. The number of hydrogen-bond acceptors (Lipinski definition) is 2. The molecular formula is C26H28ClNO2. The third-order valence-corrected chi connectivity index (χ3v) is 6.36. The maximum Gasteiger partial charge on any atom is 0.235 e. The first-order valence-electron chi connectivity index (χ1n) is 10.8. The van der Waals surface area contributed by atoms with E-state index < -0.39 is 5.41 Å². The van der Waals surface area contributed by atoms with Gasteiger partial charge in [0.05, 0.1) is 11.5 Å². The van der Waals surface area contributed by atoms with Crippen molar-refractivity contribution < 1.29 is 9.53 Å². The Hall–Kier alpha value is -2.52. The number of rotatable bonds is 5. The normalized spacial score (nSPS) is 15.9. The van der Waals surface area contributed by atoms with Gasteiger partial charge in [-0.2, -0.15) is 0 Å². The Balaban J connectivity index is 1.73. The molecule has 0 radical (unpaired) electrons. The average molecular weight is 422 g/mol. The summed E-state index contributed by atoms with van der Waals surface area (Å²) in [6, 6.07) is 19.7. The van der Waals surface area contributed by atoms with Crippen LogP contribution in [0.4, 0.5) is 5.69 Å². The number of anilines is 1. The topological polar surface area (TPSA) is 38.3 Å². The van der Waals surface area contributed by atoms with E-state index in [1.807, 2.05) is 74.5 Å². The summed E-state index contributed by atoms with van der Waals surface area (Å²) < 4.78 is 5.98. The van der Waals surface area contributed by atoms with Gasteiger partial charge in [0.25, 0.3) is 0 Å². The Bertz CT molecular complexity index is 1050. The molecule has 3 aromatic rings. The number of halogens is 1. The van der Waals surface area contributed by atoms with Crippen LogP contribution in [0.1, 0.15) is 51.5 Å². The maximum absolute atomic E-state index is 13.7. The van der Waals surface area contributed by atoms with E-state index in [-0.39, 0.29) is 12.0 Å². The minimum Gasteiger partial charge on any atom is -0.490 e. The monoisotopic (exact) mass is 421 g/mol. The molecule has 4 heteroatoms. The van der Waals surface area contributed by atoms with Crippen molar-refractivity contribution in [1.82, 2.24) is 0 Å². The van der Waals surface area contributed by atoms with Gasteiger partial charge in [-0.15, -0.1) is 0 Å². The van der Waals surface area contributed by atoms with Gasteiger partial charge in [0.1, 0.15) is 5.75 Å². The lowest BCUT2D eigenvalue weighted by Gasteiger charge is -2.37. The summed E-state index contributed by atoms with van der Waals surface area (Å²) in [6.45, 7) is 4.03. The maximum atomic E-state index is 13.7. The van der Waals surface area contributed by atoms with Gasteiger partial charge in [0.2, 0.25) is 5.91 Å².